The standard InChI is InChI=1S/C23H23ClN4O5S2/c1-15-13-17(24)3-8-20(15)33-16(2)22(30)27-10-11-28(21(29)14-27)18-4-6-19(7-5-18)35(31,32)26-23-25-9-12-34-23/h3-9,12-13,16H,10-11,14H2,1-2H3,(H,25,26)/t16-/m0/s1. The van der Waals surface area contributed by atoms with E-state index in [-0.39, 0.29) is 34.9 Å². The summed E-state index contributed by atoms with van der Waals surface area (Å²) in [5.74, 6) is -0.00218. The molecule has 0 unspecified atom stereocenters. The number of nitrogens with one attached hydrogen (secondary N) is 1. The van der Waals surface area contributed by atoms with Crippen LogP contribution < -0.4 is 14.4 Å². The van der Waals surface area contributed by atoms with Crippen molar-refractivity contribution in [2.24, 2.45) is 0 Å². The van der Waals surface area contributed by atoms with Gasteiger partial charge in [-0.3, -0.25) is 14.3 Å². The molecule has 4 rings (SSSR count). The summed E-state index contributed by atoms with van der Waals surface area (Å²) in [6.45, 7) is 3.99. The number of aryl methyl sites for hydroxylation is 1. The van der Waals surface area contributed by atoms with Gasteiger partial charge >= 0.3 is 0 Å². The lowest BCUT2D eigenvalue weighted by Gasteiger charge is -2.35. The van der Waals surface area contributed by atoms with Gasteiger partial charge in [0.05, 0.1) is 4.90 Å². The van der Waals surface area contributed by atoms with Gasteiger partial charge in [-0.15, -0.1) is 11.3 Å². The average molecular weight is 535 g/mol. The van der Waals surface area contributed by atoms with Crippen molar-refractivity contribution in [2.75, 3.05) is 29.3 Å². The van der Waals surface area contributed by atoms with Crippen molar-refractivity contribution in [3.63, 3.8) is 0 Å². The largest absolute Gasteiger partial charge is 0.481 e. The zero-order valence-electron chi connectivity index (χ0n) is 19.0. The van der Waals surface area contributed by atoms with Gasteiger partial charge in [0.15, 0.2) is 11.2 Å². The minimum Gasteiger partial charge on any atom is -0.481 e. The van der Waals surface area contributed by atoms with Crippen molar-refractivity contribution in [2.45, 2.75) is 24.8 Å². The number of rotatable bonds is 7. The maximum atomic E-state index is 12.9. The Morgan fingerprint density at radius 3 is 2.57 bits per heavy atom. The predicted molar refractivity (Wildman–Crippen MR) is 135 cm³/mol. The molecule has 35 heavy (non-hydrogen) atoms. The highest BCUT2D eigenvalue weighted by Crippen LogP contribution is 2.25. The Hall–Kier alpha value is -3.15. The monoisotopic (exact) mass is 534 g/mol. The summed E-state index contributed by atoms with van der Waals surface area (Å²) in [7, 11) is -3.78. The number of nitrogens with zero attached hydrogens (tertiary/aromatic N) is 3. The number of halogens is 1. The van der Waals surface area contributed by atoms with Gasteiger partial charge in [-0.1, -0.05) is 11.6 Å². The van der Waals surface area contributed by atoms with Crippen LogP contribution in [0.1, 0.15) is 12.5 Å². The Morgan fingerprint density at radius 1 is 1.20 bits per heavy atom. The molecule has 1 aliphatic rings. The van der Waals surface area contributed by atoms with Gasteiger partial charge in [-0.25, -0.2) is 13.4 Å². The maximum Gasteiger partial charge on any atom is 0.263 e. The van der Waals surface area contributed by atoms with E-state index in [4.69, 9.17) is 16.3 Å². The van der Waals surface area contributed by atoms with Crippen LogP contribution >= 0.6 is 22.9 Å². The maximum absolute atomic E-state index is 12.9. The molecule has 1 aromatic heterocycles. The van der Waals surface area contributed by atoms with E-state index in [1.807, 2.05) is 6.92 Å². The van der Waals surface area contributed by atoms with Crippen LogP contribution in [0, 0.1) is 6.92 Å². The van der Waals surface area contributed by atoms with Crippen LogP contribution in [0.2, 0.25) is 5.02 Å². The molecule has 12 heteroatoms. The van der Waals surface area contributed by atoms with Gasteiger partial charge in [0.1, 0.15) is 12.3 Å². The van der Waals surface area contributed by atoms with E-state index in [0.29, 0.717) is 23.0 Å². The second kappa shape index (κ2) is 10.2. The fraction of sp³-hybridized carbons (Fsp3) is 0.261. The lowest BCUT2D eigenvalue weighted by Crippen LogP contribution is -2.54. The quantitative estimate of drug-likeness (QED) is 0.496. The first-order valence-corrected chi connectivity index (χ1v) is 13.4. The summed E-state index contributed by atoms with van der Waals surface area (Å²) in [6, 6.07) is 11.2. The molecule has 2 amide bonds. The molecule has 0 radical (unpaired) electrons. The van der Waals surface area contributed by atoms with Gasteiger partial charge in [-0.2, -0.15) is 0 Å². The molecule has 3 aromatic rings. The number of piperazine rings is 1. The number of hydrogen-bond donors (Lipinski definition) is 1. The van der Waals surface area contributed by atoms with Gasteiger partial charge in [0.2, 0.25) is 5.91 Å². The Kier molecular flexibility index (Phi) is 7.29. The first-order chi connectivity index (χ1) is 16.6. The Balaban J connectivity index is 1.37. The van der Waals surface area contributed by atoms with Crippen LogP contribution in [-0.4, -0.2) is 55.9 Å². The molecule has 1 atom stereocenters. The highest BCUT2D eigenvalue weighted by Gasteiger charge is 2.31. The molecule has 1 fully saturated rings. The molecule has 2 heterocycles. The van der Waals surface area contributed by atoms with Crippen LogP contribution in [0.3, 0.4) is 0 Å². The average Bonchev–Trinajstić information content (AvgIpc) is 3.32. The molecule has 1 aliphatic heterocycles. The van der Waals surface area contributed by atoms with Crippen molar-refractivity contribution < 1.29 is 22.7 Å². The summed E-state index contributed by atoms with van der Waals surface area (Å²) in [5.41, 5.74) is 1.36. The second-order valence-electron chi connectivity index (χ2n) is 7.91. The molecule has 0 aliphatic carbocycles. The normalized spacial score (nSPS) is 15.1. The smallest absolute Gasteiger partial charge is 0.263 e. The summed E-state index contributed by atoms with van der Waals surface area (Å²) in [4.78, 5) is 32.7. The van der Waals surface area contributed by atoms with E-state index in [1.165, 1.54) is 39.5 Å². The summed E-state index contributed by atoms with van der Waals surface area (Å²) in [5, 5.41) is 2.52. The predicted octanol–water partition coefficient (Wildman–Crippen LogP) is 3.55. The van der Waals surface area contributed by atoms with Crippen LogP contribution in [0.25, 0.3) is 0 Å². The zero-order chi connectivity index (χ0) is 25.2. The molecule has 1 N–H and O–H groups in total. The topological polar surface area (TPSA) is 109 Å². The third-order valence-electron chi connectivity index (χ3n) is 5.43. The lowest BCUT2D eigenvalue weighted by atomic mass is 10.2. The van der Waals surface area contributed by atoms with Crippen molar-refractivity contribution in [3.8, 4) is 5.75 Å². The van der Waals surface area contributed by atoms with Crippen LogP contribution in [0.4, 0.5) is 10.8 Å². The Morgan fingerprint density at radius 2 is 1.94 bits per heavy atom. The number of ether oxygens (including phenoxy) is 1. The summed E-state index contributed by atoms with van der Waals surface area (Å²) in [6.07, 6.45) is 0.733. The lowest BCUT2D eigenvalue weighted by molar-refractivity contribution is -0.142. The van der Waals surface area contributed by atoms with E-state index in [9.17, 15) is 18.0 Å². The van der Waals surface area contributed by atoms with Gasteiger partial charge in [0, 0.05) is 35.4 Å². The first kappa shape index (κ1) is 25.0. The minimum absolute atomic E-state index is 0.0566. The van der Waals surface area contributed by atoms with E-state index in [2.05, 4.69) is 9.71 Å². The molecule has 0 bridgehead atoms. The van der Waals surface area contributed by atoms with Crippen LogP contribution in [0.15, 0.2) is 58.9 Å². The minimum atomic E-state index is -3.78. The SMILES string of the molecule is Cc1cc(Cl)ccc1O[C@@H](C)C(=O)N1CCN(c2ccc(S(=O)(=O)Nc3nccs3)cc2)C(=O)C1. The number of aromatic nitrogens is 1. The fourth-order valence-electron chi connectivity index (χ4n) is 3.63. The molecule has 0 saturated carbocycles. The third-order valence-corrected chi connectivity index (χ3v) is 7.84. The highest BCUT2D eigenvalue weighted by molar-refractivity contribution is 7.93. The number of thiazole rings is 1. The number of amides is 2. The van der Waals surface area contributed by atoms with Gasteiger partial charge in [0.25, 0.3) is 15.9 Å². The third kappa shape index (κ3) is 5.75. The Bertz CT molecular complexity index is 1330. The van der Waals surface area contributed by atoms with Crippen molar-refractivity contribution in [1.82, 2.24) is 9.88 Å². The molecular formula is C23H23ClN4O5S2. The molecular weight excluding hydrogens is 512 g/mol. The van der Waals surface area contributed by atoms with Crippen LogP contribution in [-0.2, 0) is 19.6 Å². The number of sulfonamides is 1. The number of carbonyl (C=O) groups is 2. The first-order valence-electron chi connectivity index (χ1n) is 10.7. The second-order valence-corrected chi connectivity index (χ2v) is 10.9. The van der Waals surface area contributed by atoms with Crippen molar-refractivity contribution >= 4 is 55.6 Å². The zero-order valence-corrected chi connectivity index (χ0v) is 21.4. The van der Waals surface area contributed by atoms with E-state index in [0.717, 1.165) is 5.56 Å². The summed E-state index contributed by atoms with van der Waals surface area (Å²) >= 11 is 7.15. The highest BCUT2D eigenvalue weighted by atomic mass is 35.5. The molecule has 2 aromatic carbocycles. The van der Waals surface area contributed by atoms with Crippen molar-refractivity contribution in [3.05, 3.63) is 64.6 Å². The van der Waals surface area contributed by atoms with E-state index >= 15 is 0 Å². The number of carbonyl (C=O) groups excluding carboxylic acids is 2. The molecule has 9 nitrogen and oxygen atoms in total. The van der Waals surface area contributed by atoms with E-state index in [1.54, 1.807) is 42.6 Å². The fourth-order valence-corrected chi connectivity index (χ4v) is 5.65. The Labute approximate surface area is 212 Å². The van der Waals surface area contributed by atoms with Gasteiger partial charge < -0.3 is 14.5 Å². The number of benzene rings is 2. The van der Waals surface area contributed by atoms with Crippen molar-refractivity contribution in [1.29, 1.82) is 0 Å². The molecule has 184 valence electrons. The van der Waals surface area contributed by atoms with E-state index < -0.39 is 16.1 Å². The van der Waals surface area contributed by atoms with Gasteiger partial charge in [-0.05, 0) is 61.9 Å². The number of hydrogen-bond acceptors (Lipinski definition) is 7. The summed E-state index contributed by atoms with van der Waals surface area (Å²) < 4.78 is 33.2. The molecule has 1 saturated heterocycles. The van der Waals surface area contributed by atoms with Crippen LogP contribution in [0.5, 0.6) is 5.75 Å². The number of anilines is 2. The molecule has 0 spiro atoms.